The summed E-state index contributed by atoms with van der Waals surface area (Å²) in [7, 11) is 1.72. The smallest absolute Gasteiger partial charge is 0.422 e. The molecule has 2 aromatic heterocycles. The van der Waals surface area contributed by atoms with E-state index in [2.05, 4.69) is 29.1 Å². The van der Waals surface area contributed by atoms with Crippen LogP contribution in [-0.2, 0) is 18.3 Å². The summed E-state index contributed by atoms with van der Waals surface area (Å²) in [6, 6.07) is 10.9. The van der Waals surface area contributed by atoms with Crippen LogP contribution in [0.4, 0.5) is 13.2 Å². The molecule has 0 fully saturated rings. The standard InChI is InChI=1S/C23H25F3N4O2/c1-15(2)17-6-4-16(5-7-17)10-18(31)11-20(22-13-30(3)29-28-22)21-9-8-19(12-27-21)32-14-23(24,25)26/h4-9,12-13,15,20H,10-11,14H2,1-3H3/t20-/m0/s1. The van der Waals surface area contributed by atoms with Crippen molar-refractivity contribution in [2.75, 3.05) is 6.61 Å². The Kier molecular flexibility index (Phi) is 7.27. The quantitative estimate of drug-likeness (QED) is 0.480. The largest absolute Gasteiger partial charge is 0.483 e. The van der Waals surface area contributed by atoms with Gasteiger partial charge < -0.3 is 4.74 Å². The van der Waals surface area contributed by atoms with Crippen LogP contribution >= 0.6 is 0 Å². The van der Waals surface area contributed by atoms with Gasteiger partial charge in [0.25, 0.3) is 0 Å². The number of carbonyl (C=O) groups excluding carboxylic acids is 1. The van der Waals surface area contributed by atoms with Gasteiger partial charge >= 0.3 is 6.18 Å². The first-order chi connectivity index (χ1) is 15.1. The fraction of sp³-hybridized carbons (Fsp3) is 0.391. The van der Waals surface area contributed by atoms with Gasteiger partial charge in [0.05, 0.1) is 23.5 Å². The lowest BCUT2D eigenvalue weighted by atomic mass is 9.92. The molecule has 170 valence electrons. The van der Waals surface area contributed by atoms with E-state index in [-0.39, 0.29) is 24.4 Å². The van der Waals surface area contributed by atoms with Gasteiger partial charge in [-0.05, 0) is 29.2 Å². The van der Waals surface area contributed by atoms with Crippen LogP contribution in [0.5, 0.6) is 5.75 Å². The fourth-order valence-electron chi connectivity index (χ4n) is 3.28. The van der Waals surface area contributed by atoms with Crippen LogP contribution in [0.15, 0.2) is 48.8 Å². The van der Waals surface area contributed by atoms with E-state index in [1.807, 2.05) is 24.3 Å². The van der Waals surface area contributed by atoms with Gasteiger partial charge in [0.15, 0.2) is 6.61 Å². The average Bonchev–Trinajstić information content (AvgIpc) is 3.17. The van der Waals surface area contributed by atoms with E-state index < -0.39 is 18.7 Å². The summed E-state index contributed by atoms with van der Waals surface area (Å²) in [6.45, 7) is 2.83. The molecule has 3 aromatic rings. The zero-order valence-electron chi connectivity index (χ0n) is 18.1. The van der Waals surface area contributed by atoms with Crippen LogP contribution in [0, 0.1) is 0 Å². The van der Waals surface area contributed by atoms with E-state index in [1.165, 1.54) is 22.5 Å². The van der Waals surface area contributed by atoms with Crippen LogP contribution in [0.2, 0.25) is 0 Å². The summed E-state index contributed by atoms with van der Waals surface area (Å²) in [5.41, 5.74) is 3.19. The van der Waals surface area contributed by atoms with Gasteiger partial charge in [-0.25, -0.2) is 0 Å². The van der Waals surface area contributed by atoms with Gasteiger partial charge in [-0.15, -0.1) is 5.10 Å². The molecule has 0 aliphatic heterocycles. The van der Waals surface area contributed by atoms with Crippen molar-refractivity contribution < 1.29 is 22.7 Å². The topological polar surface area (TPSA) is 69.9 Å². The first kappa shape index (κ1) is 23.4. The number of ether oxygens (including phenoxy) is 1. The second kappa shape index (κ2) is 9.93. The van der Waals surface area contributed by atoms with Crippen molar-refractivity contribution in [1.82, 2.24) is 20.0 Å². The minimum absolute atomic E-state index is 0.000500. The number of Topliss-reactive ketones (excluding diaryl/α,β-unsaturated/α-hetero) is 1. The van der Waals surface area contributed by atoms with E-state index in [1.54, 1.807) is 19.3 Å². The molecule has 9 heteroatoms. The normalized spacial score (nSPS) is 12.7. The molecular weight excluding hydrogens is 421 g/mol. The van der Waals surface area contributed by atoms with Crippen LogP contribution in [0.1, 0.15) is 54.6 Å². The number of aromatic nitrogens is 4. The SMILES string of the molecule is CC(C)c1ccc(CC(=O)C[C@@H](c2ccc(OCC(F)(F)F)cn2)c2cn(C)nn2)cc1. The number of halogens is 3. The molecule has 0 aliphatic rings. The number of hydrogen-bond acceptors (Lipinski definition) is 5. The van der Waals surface area contributed by atoms with Gasteiger partial charge in [-0.2, -0.15) is 13.2 Å². The molecule has 3 rings (SSSR count). The molecule has 0 radical (unpaired) electrons. The Morgan fingerprint density at radius 1 is 1.09 bits per heavy atom. The van der Waals surface area contributed by atoms with E-state index in [0.717, 1.165) is 5.56 Å². The maximum atomic E-state index is 12.8. The molecule has 0 saturated carbocycles. The Hall–Kier alpha value is -3.23. The van der Waals surface area contributed by atoms with Gasteiger partial charge in [-0.1, -0.05) is 43.3 Å². The molecule has 0 unspecified atom stereocenters. The van der Waals surface area contributed by atoms with Crippen molar-refractivity contribution >= 4 is 5.78 Å². The number of aryl methyl sites for hydroxylation is 1. The van der Waals surface area contributed by atoms with Crippen LogP contribution < -0.4 is 4.74 Å². The lowest BCUT2D eigenvalue weighted by molar-refractivity contribution is -0.153. The van der Waals surface area contributed by atoms with E-state index in [0.29, 0.717) is 17.3 Å². The summed E-state index contributed by atoms with van der Waals surface area (Å²) in [5.74, 6) is -0.0598. The zero-order chi connectivity index (χ0) is 23.3. The molecule has 2 heterocycles. The summed E-state index contributed by atoms with van der Waals surface area (Å²) < 4.78 is 43.3. The predicted molar refractivity (Wildman–Crippen MR) is 112 cm³/mol. The van der Waals surface area contributed by atoms with Crippen LogP contribution in [0.3, 0.4) is 0 Å². The number of benzene rings is 1. The van der Waals surface area contributed by atoms with E-state index >= 15 is 0 Å². The highest BCUT2D eigenvalue weighted by atomic mass is 19.4. The molecule has 6 nitrogen and oxygen atoms in total. The fourth-order valence-corrected chi connectivity index (χ4v) is 3.28. The second-order valence-corrected chi connectivity index (χ2v) is 8.01. The number of alkyl halides is 3. The number of hydrogen-bond donors (Lipinski definition) is 0. The van der Waals surface area contributed by atoms with Crippen molar-refractivity contribution in [2.24, 2.45) is 7.05 Å². The molecule has 32 heavy (non-hydrogen) atoms. The molecule has 0 spiro atoms. The Bertz CT molecular complexity index is 1030. The van der Waals surface area contributed by atoms with Gasteiger partial charge in [-0.3, -0.25) is 14.5 Å². The van der Waals surface area contributed by atoms with Crippen molar-refractivity contribution in [3.63, 3.8) is 0 Å². The van der Waals surface area contributed by atoms with Crippen LogP contribution in [-0.4, -0.2) is 38.5 Å². The minimum Gasteiger partial charge on any atom is -0.483 e. The molecule has 0 bridgehead atoms. The highest BCUT2D eigenvalue weighted by molar-refractivity contribution is 5.82. The third-order valence-electron chi connectivity index (χ3n) is 4.98. The van der Waals surface area contributed by atoms with Crippen molar-refractivity contribution in [1.29, 1.82) is 0 Å². The van der Waals surface area contributed by atoms with E-state index in [9.17, 15) is 18.0 Å². The lowest BCUT2D eigenvalue weighted by Gasteiger charge is -2.15. The van der Waals surface area contributed by atoms with Crippen molar-refractivity contribution in [3.8, 4) is 5.75 Å². The molecule has 1 aromatic carbocycles. The van der Waals surface area contributed by atoms with Gasteiger partial charge in [0.2, 0.25) is 0 Å². The number of carbonyl (C=O) groups is 1. The number of rotatable bonds is 9. The lowest BCUT2D eigenvalue weighted by Crippen LogP contribution is -2.19. The third kappa shape index (κ3) is 6.63. The Labute approximate surface area is 184 Å². The number of pyridine rings is 1. The van der Waals surface area contributed by atoms with Crippen molar-refractivity contribution in [3.05, 3.63) is 71.3 Å². The van der Waals surface area contributed by atoms with Gasteiger partial charge in [0, 0.05) is 26.1 Å². The number of nitrogens with zero attached hydrogens (tertiary/aromatic N) is 4. The van der Waals surface area contributed by atoms with Gasteiger partial charge in [0.1, 0.15) is 11.5 Å². The Morgan fingerprint density at radius 3 is 2.34 bits per heavy atom. The van der Waals surface area contributed by atoms with Crippen molar-refractivity contribution in [2.45, 2.75) is 44.7 Å². The molecule has 1 atom stereocenters. The second-order valence-electron chi connectivity index (χ2n) is 8.01. The molecular formula is C23H25F3N4O2. The Morgan fingerprint density at radius 2 is 1.81 bits per heavy atom. The summed E-state index contributed by atoms with van der Waals surface area (Å²) in [5, 5.41) is 8.05. The first-order valence-corrected chi connectivity index (χ1v) is 10.2. The number of ketones is 1. The molecule has 0 N–H and O–H groups in total. The maximum absolute atomic E-state index is 12.8. The predicted octanol–water partition coefficient (Wildman–Crippen LogP) is 4.61. The summed E-state index contributed by atoms with van der Waals surface area (Å²) >= 11 is 0. The molecule has 0 saturated heterocycles. The summed E-state index contributed by atoms with van der Waals surface area (Å²) in [4.78, 5) is 17.1. The highest BCUT2D eigenvalue weighted by Gasteiger charge is 2.28. The third-order valence-corrected chi connectivity index (χ3v) is 4.98. The average molecular weight is 446 g/mol. The van der Waals surface area contributed by atoms with E-state index in [4.69, 9.17) is 4.74 Å². The molecule has 0 amide bonds. The maximum Gasteiger partial charge on any atom is 0.422 e. The minimum atomic E-state index is -4.43. The van der Waals surface area contributed by atoms with Crippen LogP contribution in [0.25, 0.3) is 0 Å². The monoisotopic (exact) mass is 446 g/mol. The summed E-state index contributed by atoms with van der Waals surface area (Å²) in [6.07, 6.45) is -1.10. The first-order valence-electron chi connectivity index (χ1n) is 10.2. The zero-order valence-corrected chi connectivity index (χ0v) is 18.1. The highest BCUT2D eigenvalue weighted by Crippen LogP contribution is 2.27. The molecule has 0 aliphatic carbocycles. The Balaban J connectivity index is 1.74.